The minimum atomic E-state index is -0.671. The Morgan fingerprint density at radius 3 is 2.35 bits per heavy atom. The number of thioether (sulfide) groups is 1. The van der Waals surface area contributed by atoms with Gasteiger partial charge in [-0.2, -0.15) is 0 Å². The molecule has 0 aromatic heterocycles. The van der Waals surface area contributed by atoms with E-state index >= 15 is 0 Å². The largest absolute Gasteiger partial charge is 0.395 e. The number of likely N-dealkylation sites (tertiary alicyclic amines) is 1. The van der Waals surface area contributed by atoms with Gasteiger partial charge >= 0.3 is 0 Å². The molecule has 6 atom stereocenters. The maximum Gasteiger partial charge on any atom is 0.247 e. The van der Waals surface area contributed by atoms with Crippen LogP contribution in [-0.4, -0.2) is 92.9 Å². The van der Waals surface area contributed by atoms with Gasteiger partial charge in [-0.1, -0.05) is 39.3 Å². The number of aliphatic hydroxyl groups is 1. The van der Waals surface area contributed by atoms with E-state index in [-0.39, 0.29) is 42.0 Å². The average Bonchev–Trinajstić information content (AvgIpc) is 3.40. The summed E-state index contributed by atoms with van der Waals surface area (Å²) in [6.07, 6.45) is 6.93. The average molecular weight is 492 g/mol. The number of carbonyl (C=O) groups is 3. The van der Waals surface area contributed by atoms with Gasteiger partial charge in [0, 0.05) is 38.0 Å². The maximum atomic E-state index is 14.0. The lowest BCUT2D eigenvalue weighted by Crippen LogP contribution is -2.57. The normalized spacial score (nSPS) is 31.5. The van der Waals surface area contributed by atoms with Gasteiger partial charge in [-0.3, -0.25) is 14.4 Å². The first kappa shape index (κ1) is 26.8. The molecule has 2 bridgehead atoms. The Morgan fingerprint density at radius 2 is 1.79 bits per heavy atom. The second kappa shape index (κ2) is 11.3. The van der Waals surface area contributed by atoms with Crippen LogP contribution >= 0.6 is 11.8 Å². The fourth-order valence-corrected chi connectivity index (χ4v) is 8.74. The number of hydrogen-bond acceptors (Lipinski definition) is 5. The zero-order valence-corrected chi connectivity index (χ0v) is 21.8. The Kier molecular flexibility index (Phi) is 8.90. The highest BCUT2D eigenvalue weighted by Gasteiger charge is 2.76. The molecule has 3 amide bonds. The Morgan fingerprint density at radius 1 is 1.15 bits per heavy atom. The zero-order valence-electron chi connectivity index (χ0n) is 20.9. The maximum absolute atomic E-state index is 14.0. The highest BCUT2D eigenvalue weighted by atomic mass is 32.2. The number of aliphatic hydroxyl groups excluding tert-OH is 1. The van der Waals surface area contributed by atoms with E-state index in [0.29, 0.717) is 26.2 Å². The van der Waals surface area contributed by atoms with E-state index in [4.69, 9.17) is 0 Å². The third-order valence-corrected chi connectivity index (χ3v) is 9.78. The molecule has 8 heteroatoms. The molecule has 3 fully saturated rings. The van der Waals surface area contributed by atoms with Gasteiger partial charge in [-0.25, -0.2) is 0 Å². The van der Waals surface area contributed by atoms with Crippen LogP contribution in [0.25, 0.3) is 0 Å². The first-order chi connectivity index (χ1) is 16.3. The number of fused-ring (bicyclic) bond motifs is 1. The zero-order chi connectivity index (χ0) is 25.0. The van der Waals surface area contributed by atoms with E-state index in [1.807, 2.05) is 6.92 Å². The molecule has 3 unspecified atom stereocenters. The molecule has 3 heterocycles. The predicted octanol–water partition coefficient (Wildman–Crippen LogP) is 2.56. The van der Waals surface area contributed by atoms with Gasteiger partial charge in [0.1, 0.15) is 6.04 Å². The minimum Gasteiger partial charge on any atom is -0.395 e. The van der Waals surface area contributed by atoms with Gasteiger partial charge < -0.3 is 19.8 Å². The lowest BCUT2D eigenvalue weighted by atomic mass is 9.65. The van der Waals surface area contributed by atoms with E-state index < -0.39 is 22.6 Å². The molecule has 3 aliphatic heterocycles. The number of β-amino-alcohol motifs (C(OH)–C–C–N with tert-alkyl or cyclic N) is 1. The van der Waals surface area contributed by atoms with Gasteiger partial charge in [-0.15, -0.1) is 24.9 Å². The second-order valence-electron chi connectivity index (χ2n) is 9.81. The summed E-state index contributed by atoms with van der Waals surface area (Å²) >= 11 is 1.69. The van der Waals surface area contributed by atoms with Crippen LogP contribution in [0.4, 0.5) is 0 Å². The summed E-state index contributed by atoms with van der Waals surface area (Å²) < 4.78 is -0.647. The van der Waals surface area contributed by atoms with Crippen molar-refractivity contribution in [3.8, 4) is 0 Å². The van der Waals surface area contributed by atoms with Crippen molar-refractivity contribution in [3.63, 3.8) is 0 Å². The van der Waals surface area contributed by atoms with Crippen molar-refractivity contribution in [2.24, 2.45) is 17.8 Å². The van der Waals surface area contributed by atoms with E-state index in [9.17, 15) is 19.5 Å². The SMILES string of the molecule is C=CCN(CCCC)C(=O)C1N(CCO)C(=O)[C@@H]2[C@H](C(=O)N(CC=C)CCC)[C@@H]3CC(C)C12S3. The summed E-state index contributed by atoms with van der Waals surface area (Å²) in [5, 5.41) is 9.82. The van der Waals surface area contributed by atoms with Crippen molar-refractivity contribution < 1.29 is 19.5 Å². The second-order valence-corrected chi connectivity index (χ2v) is 11.4. The van der Waals surface area contributed by atoms with E-state index in [1.54, 1.807) is 38.6 Å². The lowest BCUT2D eigenvalue weighted by Gasteiger charge is -2.41. The van der Waals surface area contributed by atoms with E-state index in [1.165, 1.54) is 0 Å². The summed E-state index contributed by atoms with van der Waals surface area (Å²) in [6.45, 7) is 15.9. The summed E-state index contributed by atoms with van der Waals surface area (Å²) in [5.41, 5.74) is 0. The molecule has 3 aliphatic rings. The molecule has 0 aromatic carbocycles. The fraction of sp³-hybridized carbons (Fsp3) is 0.731. The standard InChI is InChI=1S/C26H41N3O4S/c1-6-10-14-28(13-9-4)25(33)22-26-18(5)17-19(34-26)20(21(26)24(32)29(22)15-16-30)23(31)27(11-7-2)12-8-3/h7,9,18-22,30H,2,4,6,8,10-17H2,1,3,5H3/t18?,19-,20+,21-,22?,26?/m0/s1. The van der Waals surface area contributed by atoms with Crippen LogP contribution in [0.2, 0.25) is 0 Å². The van der Waals surface area contributed by atoms with Crippen LogP contribution < -0.4 is 0 Å². The smallest absolute Gasteiger partial charge is 0.247 e. The summed E-state index contributed by atoms with van der Waals surface area (Å²) in [4.78, 5) is 46.9. The third-order valence-electron chi connectivity index (χ3n) is 7.70. The molecule has 0 saturated carbocycles. The lowest BCUT2D eigenvalue weighted by molar-refractivity contribution is -0.145. The molecule has 34 heavy (non-hydrogen) atoms. The quantitative estimate of drug-likeness (QED) is 0.401. The molecule has 0 aliphatic carbocycles. The van der Waals surface area contributed by atoms with Gasteiger partial charge in [0.25, 0.3) is 0 Å². The molecule has 0 radical (unpaired) electrons. The first-order valence-electron chi connectivity index (χ1n) is 12.7. The number of rotatable bonds is 13. The Hall–Kier alpha value is -1.80. The first-order valence-corrected chi connectivity index (χ1v) is 13.6. The minimum absolute atomic E-state index is 0.00245. The van der Waals surface area contributed by atoms with Crippen LogP contribution in [0, 0.1) is 17.8 Å². The number of carbonyl (C=O) groups excluding carboxylic acids is 3. The molecule has 1 N–H and O–H groups in total. The molecule has 0 aromatic rings. The third kappa shape index (κ3) is 4.32. The summed E-state index contributed by atoms with van der Waals surface area (Å²) in [6, 6.07) is -0.671. The van der Waals surface area contributed by atoms with Gasteiger partial charge in [0.2, 0.25) is 17.7 Å². The van der Waals surface area contributed by atoms with Crippen molar-refractivity contribution in [1.82, 2.24) is 14.7 Å². The Bertz CT molecular complexity index is 805. The predicted molar refractivity (Wildman–Crippen MR) is 136 cm³/mol. The van der Waals surface area contributed by atoms with Crippen LogP contribution in [0.1, 0.15) is 46.5 Å². The van der Waals surface area contributed by atoms with Crippen molar-refractivity contribution in [2.75, 3.05) is 39.3 Å². The number of nitrogens with zero attached hydrogens (tertiary/aromatic N) is 3. The van der Waals surface area contributed by atoms with Gasteiger partial charge in [-0.05, 0) is 25.2 Å². The highest BCUT2D eigenvalue weighted by molar-refractivity contribution is 8.02. The van der Waals surface area contributed by atoms with Crippen molar-refractivity contribution in [2.45, 2.75) is 62.5 Å². The number of amides is 3. The molecule has 190 valence electrons. The molecular formula is C26H41N3O4S. The molecule has 1 spiro atoms. The van der Waals surface area contributed by atoms with Crippen LogP contribution in [0.15, 0.2) is 25.3 Å². The summed E-state index contributed by atoms with van der Waals surface area (Å²) in [7, 11) is 0. The molecular weight excluding hydrogens is 450 g/mol. The monoisotopic (exact) mass is 491 g/mol. The van der Waals surface area contributed by atoms with Crippen LogP contribution in [0.5, 0.6) is 0 Å². The van der Waals surface area contributed by atoms with Crippen molar-refractivity contribution >= 4 is 29.5 Å². The van der Waals surface area contributed by atoms with Crippen molar-refractivity contribution in [3.05, 3.63) is 25.3 Å². The molecule has 3 saturated heterocycles. The van der Waals surface area contributed by atoms with Crippen LogP contribution in [-0.2, 0) is 14.4 Å². The number of unbranched alkanes of at least 4 members (excludes halogenated alkanes) is 1. The highest BCUT2D eigenvalue weighted by Crippen LogP contribution is 2.68. The van der Waals surface area contributed by atoms with Gasteiger partial charge in [0.05, 0.1) is 23.2 Å². The summed E-state index contributed by atoms with van der Waals surface area (Å²) in [5.74, 6) is -1.10. The number of hydrogen-bond donors (Lipinski definition) is 1. The Labute approximate surface area is 208 Å². The Balaban J connectivity index is 2.03. The van der Waals surface area contributed by atoms with Crippen molar-refractivity contribution in [1.29, 1.82) is 0 Å². The van der Waals surface area contributed by atoms with Gasteiger partial charge in [0.15, 0.2) is 0 Å². The van der Waals surface area contributed by atoms with E-state index in [2.05, 4.69) is 27.0 Å². The molecule has 7 nitrogen and oxygen atoms in total. The fourth-order valence-electron chi connectivity index (χ4n) is 6.33. The van der Waals surface area contributed by atoms with Crippen LogP contribution in [0.3, 0.4) is 0 Å². The topological polar surface area (TPSA) is 81.2 Å². The van der Waals surface area contributed by atoms with E-state index in [0.717, 1.165) is 25.7 Å². The molecule has 3 rings (SSSR count).